The van der Waals surface area contributed by atoms with Gasteiger partial charge in [-0.05, 0) is 42.8 Å². The molecular formula is C18H13ClFNO3S. The van der Waals surface area contributed by atoms with Crippen molar-refractivity contribution in [1.29, 1.82) is 0 Å². The number of carbonyl (C=O) groups excluding carboxylic acids is 2. The number of thiophene rings is 1. The Morgan fingerprint density at radius 3 is 2.68 bits per heavy atom. The predicted octanol–water partition coefficient (Wildman–Crippen LogP) is 5.04. The lowest BCUT2D eigenvalue weighted by Gasteiger charge is -2.09. The molecule has 0 atom stereocenters. The third kappa shape index (κ3) is 3.36. The largest absolute Gasteiger partial charge is 0.465 e. The molecule has 1 aromatic heterocycles. The zero-order valence-electron chi connectivity index (χ0n) is 13.4. The Morgan fingerprint density at radius 2 is 1.96 bits per heavy atom. The molecule has 0 saturated heterocycles. The first kappa shape index (κ1) is 17.4. The average molecular weight is 378 g/mol. The van der Waals surface area contributed by atoms with Crippen molar-refractivity contribution in [2.45, 2.75) is 6.92 Å². The van der Waals surface area contributed by atoms with Crippen LogP contribution < -0.4 is 5.32 Å². The van der Waals surface area contributed by atoms with Crippen molar-refractivity contribution in [1.82, 2.24) is 0 Å². The number of hydrogen-bond acceptors (Lipinski definition) is 4. The van der Waals surface area contributed by atoms with Gasteiger partial charge in [0.1, 0.15) is 10.7 Å². The number of rotatable bonds is 3. The van der Waals surface area contributed by atoms with Gasteiger partial charge in [-0.15, -0.1) is 11.3 Å². The lowest BCUT2D eigenvalue weighted by molar-refractivity contribution is 0.0600. The maximum atomic E-state index is 13.4. The fraction of sp³-hybridized carbons (Fsp3) is 0.111. The van der Waals surface area contributed by atoms with Crippen molar-refractivity contribution < 1.29 is 18.7 Å². The molecule has 0 fully saturated rings. The standard InChI is InChI=1S/C18H13ClFNO3S/c1-9-3-4-10(18(23)24-2)7-13(9)21-17(22)16-15(19)12-6-5-11(20)8-14(12)25-16/h3-8H,1-2H3,(H,21,22). The van der Waals surface area contributed by atoms with Crippen LogP contribution in [0.25, 0.3) is 10.1 Å². The van der Waals surface area contributed by atoms with E-state index in [1.165, 1.54) is 19.2 Å². The van der Waals surface area contributed by atoms with Crippen LogP contribution in [-0.4, -0.2) is 19.0 Å². The molecule has 4 nitrogen and oxygen atoms in total. The van der Waals surface area contributed by atoms with E-state index < -0.39 is 11.9 Å². The van der Waals surface area contributed by atoms with Crippen molar-refractivity contribution in [3.63, 3.8) is 0 Å². The molecule has 1 N–H and O–H groups in total. The molecule has 1 amide bonds. The van der Waals surface area contributed by atoms with E-state index in [0.29, 0.717) is 21.3 Å². The van der Waals surface area contributed by atoms with Gasteiger partial charge in [0.25, 0.3) is 5.91 Å². The van der Waals surface area contributed by atoms with Crippen molar-refractivity contribution in [3.8, 4) is 0 Å². The summed E-state index contributed by atoms with van der Waals surface area (Å²) in [7, 11) is 1.29. The summed E-state index contributed by atoms with van der Waals surface area (Å²) in [4.78, 5) is 24.5. The van der Waals surface area contributed by atoms with Gasteiger partial charge < -0.3 is 10.1 Å². The molecule has 25 heavy (non-hydrogen) atoms. The van der Waals surface area contributed by atoms with Gasteiger partial charge in [0.15, 0.2) is 0 Å². The normalized spacial score (nSPS) is 10.7. The van der Waals surface area contributed by atoms with Crippen LogP contribution in [0.5, 0.6) is 0 Å². The van der Waals surface area contributed by atoms with Crippen LogP contribution in [-0.2, 0) is 4.74 Å². The number of hydrogen-bond donors (Lipinski definition) is 1. The number of methoxy groups -OCH3 is 1. The number of benzene rings is 2. The topological polar surface area (TPSA) is 55.4 Å². The lowest BCUT2D eigenvalue weighted by Crippen LogP contribution is -2.12. The first-order chi connectivity index (χ1) is 11.9. The van der Waals surface area contributed by atoms with Gasteiger partial charge in [0, 0.05) is 15.8 Å². The number of fused-ring (bicyclic) bond motifs is 1. The molecule has 0 saturated carbocycles. The molecule has 7 heteroatoms. The van der Waals surface area contributed by atoms with Crippen LogP contribution in [0.1, 0.15) is 25.6 Å². The van der Waals surface area contributed by atoms with Crippen LogP contribution in [0.15, 0.2) is 36.4 Å². The molecule has 2 aromatic carbocycles. The number of esters is 1. The summed E-state index contributed by atoms with van der Waals surface area (Å²) in [6, 6.07) is 9.05. The Kier molecular flexibility index (Phi) is 4.74. The van der Waals surface area contributed by atoms with Crippen molar-refractivity contribution in [3.05, 3.63) is 63.2 Å². The molecule has 0 aliphatic rings. The van der Waals surface area contributed by atoms with Crippen LogP contribution in [0.2, 0.25) is 5.02 Å². The molecule has 128 valence electrons. The van der Waals surface area contributed by atoms with Gasteiger partial charge in [-0.1, -0.05) is 17.7 Å². The monoisotopic (exact) mass is 377 g/mol. The van der Waals surface area contributed by atoms with Gasteiger partial charge in [-0.25, -0.2) is 9.18 Å². The first-order valence-corrected chi connectivity index (χ1v) is 8.48. The Balaban J connectivity index is 1.95. The highest BCUT2D eigenvalue weighted by Gasteiger charge is 2.19. The maximum Gasteiger partial charge on any atom is 0.337 e. The molecule has 0 bridgehead atoms. The molecular weight excluding hydrogens is 365 g/mol. The van der Waals surface area contributed by atoms with E-state index in [4.69, 9.17) is 11.6 Å². The zero-order chi connectivity index (χ0) is 18.1. The second-order valence-electron chi connectivity index (χ2n) is 5.36. The van der Waals surface area contributed by atoms with Crippen LogP contribution in [0.3, 0.4) is 0 Å². The molecule has 3 rings (SSSR count). The Hall–Kier alpha value is -2.44. The number of halogens is 2. The third-order valence-corrected chi connectivity index (χ3v) is 5.36. The number of aryl methyl sites for hydroxylation is 1. The fourth-order valence-electron chi connectivity index (χ4n) is 2.37. The molecule has 0 aliphatic carbocycles. The summed E-state index contributed by atoms with van der Waals surface area (Å²) in [5.41, 5.74) is 1.59. The van der Waals surface area contributed by atoms with Crippen LogP contribution in [0.4, 0.5) is 10.1 Å². The number of carbonyl (C=O) groups is 2. The fourth-order valence-corrected chi connectivity index (χ4v) is 3.80. The van der Waals surface area contributed by atoms with Gasteiger partial charge in [-0.2, -0.15) is 0 Å². The Morgan fingerprint density at radius 1 is 1.20 bits per heavy atom. The molecule has 0 unspecified atom stereocenters. The second-order valence-corrected chi connectivity index (χ2v) is 6.79. The predicted molar refractivity (Wildman–Crippen MR) is 97.3 cm³/mol. The van der Waals surface area contributed by atoms with Crippen LogP contribution >= 0.6 is 22.9 Å². The summed E-state index contributed by atoms with van der Waals surface area (Å²) < 4.78 is 18.6. The highest BCUT2D eigenvalue weighted by atomic mass is 35.5. The summed E-state index contributed by atoms with van der Waals surface area (Å²) >= 11 is 7.38. The van der Waals surface area contributed by atoms with Gasteiger partial charge in [0.05, 0.1) is 17.7 Å². The van der Waals surface area contributed by atoms with E-state index in [2.05, 4.69) is 10.1 Å². The van der Waals surface area contributed by atoms with E-state index in [1.807, 2.05) is 0 Å². The highest BCUT2D eigenvalue weighted by Crippen LogP contribution is 2.36. The summed E-state index contributed by atoms with van der Waals surface area (Å²) in [5, 5.41) is 3.65. The average Bonchev–Trinajstić information content (AvgIpc) is 2.92. The lowest BCUT2D eigenvalue weighted by atomic mass is 10.1. The number of amides is 1. The number of nitrogens with one attached hydrogen (secondary N) is 1. The second kappa shape index (κ2) is 6.82. The quantitative estimate of drug-likeness (QED) is 0.650. The first-order valence-electron chi connectivity index (χ1n) is 7.28. The van der Waals surface area contributed by atoms with Crippen molar-refractivity contribution >= 4 is 50.6 Å². The molecule has 0 aliphatic heterocycles. The number of anilines is 1. The van der Waals surface area contributed by atoms with E-state index >= 15 is 0 Å². The van der Waals surface area contributed by atoms with Crippen molar-refractivity contribution in [2.75, 3.05) is 12.4 Å². The third-order valence-electron chi connectivity index (χ3n) is 3.70. The van der Waals surface area contributed by atoms with Crippen LogP contribution in [0, 0.1) is 12.7 Å². The van der Waals surface area contributed by atoms with Gasteiger partial charge >= 0.3 is 5.97 Å². The van der Waals surface area contributed by atoms with E-state index in [0.717, 1.165) is 16.9 Å². The summed E-state index contributed by atoms with van der Waals surface area (Å²) in [6.07, 6.45) is 0. The minimum Gasteiger partial charge on any atom is -0.465 e. The Bertz CT molecular complexity index is 999. The molecule has 0 radical (unpaired) electrons. The van der Waals surface area contributed by atoms with Gasteiger partial charge in [-0.3, -0.25) is 4.79 Å². The van der Waals surface area contributed by atoms with E-state index in [9.17, 15) is 14.0 Å². The van der Waals surface area contributed by atoms with Crippen molar-refractivity contribution in [2.24, 2.45) is 0 Å². The molecule has 3 aromatic rings. The smallest absolute Gasteiger partial charge is 0.337 e. The summed E-state index contributed by atoms with van der Waals surface area (Å²) in [5.74, 6) is -1.30. The minimum atomic E-state index is -0.495. The summed E-state index contributed by atoms with van der Waals surface area (Å²) in [6.45, 7) is 1.80. The molecule has 1 heterocycles. The highest BCUT2D eigenvalue weighted by molar-refractivity contribution is 7.21. The van der Waals surface area contributed by atoms with E-state index in [-0.39, 0.29) is 15.7 Å². The number of ether oxygens (including phenoxy) is 1. The minimum absolute atomic E-state index is 0.277. The Labute approximate surface area is 152 Å². The maximum absolute atomic E-state index is 13.4. The van der Waals surface area contributed by atoms with E-state index in [1.54, 1.807) is 31.2 Å². The zero-order valence-corrected chi connectivity index (χ0v) is 14.9. The SMILES string of the molecule is COC(=O)c1ccc(C)c(NC(=O)c2sc3cc(F)ccc3c2Cl)c1. The van der Waals surface area contributed by atoms with Gasteiger partial charge in [0.2, 0.25) is 0 Å². The molecule has 0 spiro atoms.